The topological polar surface area (TPSA) is 42.7 Å². The van der Waals surface area contributed by atoms with E-state index in [1.165, 1.54) is 31.5 Å². The van der Waals surface area contributed by atoms with Crippen molar-refractivity contribution in [2.75, 3.05) is 0 Å². The van der Waals surface area contributed by atoms with Crippen LogP contribution in [0.15, 0.2) is 0 Å². The smallest absolute Gasteiger partial charge is 0.149 e. The Labute approximate surface area is 122 Å². The first-order valence-electron chi connectivity index (χ1n) is 8.14. The first-order valence-corrected chi connectivity index (χ1v) is 8.14. The third-order valence-electron chi connectivity index (χ3n) is 5.18. The fourth-order valence-electron chi connectivity index (χ4n) is 4.08. The van der Waals surface area contributed by atoms with Gasteiger partial charge in [0.15, 0.2) is 0 Å². The van der Waals surface area contributed by atoms with Crippen LogP contribution in [0.3, 0.4) is 0 Å². The number of rotatable bonds is 3. The first-order chi connectivity index (χ1) is 9.46. The Morgan fingerprint density at radius 3 is 2.90 bits per heavy atom. The minimum absolute atomic E-state index is 0.308. The minimum atomic E-state index is 0.308. The first kappa shape index (κ1) is 14.1. The van der Waals surface area contributed by atoms with E-state index in [-0.39, 0.29) is 0 Å². The summed E-state index contributed by atoms with van der Waals surface area (Å²) in [6.45, 7) is 10.5. The number of nitrogens with zero attached hydrogens (tertiary/aromatic N) is 3. The molecule has 0 amide bonds. The zero-order chi connectivity index (χ0) is 14.3. The Balaban J connectivity index is 1.66. The molecule has 0 radical (unpaired) electrons. The van der Waals surface area contributed by atoms with E-state index in [1.807, 2.05) is 0 Å². The summed E-state index contributed by atoms with van der Waals surface area (Å²) in [5.74, 6) is 3.04. The quantitative estimate of drug-likeness (QED) is 0.922. The van der Waals surface area contributed by atoms with Crippen molar-refractivity contribution in [3.05, 3.63) is 11.6 Å². The normalized spacial score (nSPS) is 30.2. The van der Waals surface area contributed by atoms with Gasteiger partial charge in [-0.1, -0.05) is 20.8 Å². The summed E-state index contributed by atoms with van der Waals surface area (Å²) in [7, 11) is 0. The van der Waals surface area contributed by atoms with E-state index in [2.05, 4.69) is 47.8 Å². The zero-order valence-electron chi connectivity index (χ0n) is 13.3. The average Bonchev–Trinajstić information content (AvgIpc) is 2.93. The molecule has 0 saturated heterocycles. The van der Waals surface area contributed by atoms with Crippen molar-refractivity contribution < 1.29 is 0 Å². The summed E-state index contributed by atoms with van der Waals surface area (Å²) >= 11 is 0. The van der Waals surface area contributed by atoms with Gasteiger partial charge >= 0.3 is 0 Å². The highest BCUT2D eigenvalue weighted by molar-refractivity contribution is 5.05. The van der Waals surface area contributed by atoms with E-state index in [4.69, 9.17) is 0 Å². The highest BCUT2D eigenvalue weighted by atomic mass is 15.3. The average molecular weight is 276 g/mol. The molecule has 112 valence electrons. The summed E-state index contributed by atoms with van der Waals surface area (Å²) < 4.78 is 2.31. The molecule has 3 rings (SSSR count). The number of hydrogen-bond donors (Lipinski definition) is 1. The van der Waals surface area contributed by atoms with Gasteiger partial charge in [0.2, 0.25) is 0 Å². The van der Waals surface area contributed by atoms with Crippen LogP contribution >= 0.6 is 0 Å². The van der Waals surface area contributed by atoms with Gasteiger partial charge < -0.3 is 9.88 Å². The molecular formula is C16H28N4. The lowest BCUT2D eigenvalue weighted by Gasteiger charge is -2.40. The molecule has 3 atom stereocenters. The van der Waals surface area contributed by atoms with Crippen LogP contribution in [0, 0.1) is 11.3 Å². The predicted molar refractivity (Wildman–Crippen MR) is 80.5 cm³/mol. The van der Waals surface area contributed by atoms with Gasteiger partial charge in [0.25, 0.3) is 0 Å². The Morgan fingerprint density at radius 1 is 1.35 bits per heavy atom. The van der Waals surface area contributed by atoms with Crippen LogP contribution in [0.1, 0.15) is 71.1 Å². The van der Waals surface area contributed by atoms with E-state index in [0.717, 1.165) is 24.7 Å². The van der Waals surface area contributed by atoms with Crippen LogP contribution in [0.5, 0.6) is 0 Å². The van der Waals surface area contributed by atoms with E-state index in [9.17, 15) is 0 Å². The van der Waals surface area contributed by atoms with Crippen LogP contribution in [-0.2, 0) is 13.0 Å². The molecule has 2 aliphatic rings. The SMILES string of the molecule is CC(NC1CCC(C)(C)CC1C)c1nnc2n1CCC2. The van der Waals surface area contributed by atoms with Crippen molar-refractivity contribution >= 4 is 0 Å². The summed E-state index contributed by atoms with van der Waals surface area (Å²) in [4.78, 5) is 0. The monoisotopic (exact) mass is 276 g/mol. The predicted octanol–water partition coefficient (Wildman–Crippen LogP) is 3.09. The lowest BCUT2D eigenvalue weighted by Crippen LogP contribution is -2.43. The molecule has 1 aromatic heterocycles. The van der Waals surface area contributed by atoms with Crippen LogP contribution < -0.4 is 5.32 Å². The molecule has 1 aliphatic carbocycles. The fourth-order valence-corrected chi connectivity index (χ4v) is 4.08. The Kier molecular flexibility index (Phi) is 3.61. The van der Waals surface area contributed by atoms with Gasteiger partial charge in [0, 0.05) is 19.0 Å². The number of hydrogen-bond acceptors (Lipinski definition) is 3. The molecule has 3 unspecified atom stereocenters. The van der Waals surface area contributed by atoms with Crippen molar-refractivity contribution in [2.24, 2.45) is 11.3 Å². The van der Waals surface area contributed by atoms with Crippen molar-refractivity contribution in [2.45, 2.75) is 78.4 Å². The molecule has 4 nitrogen and oxygen atoms in total. The van der Waals surface area contributed by atoms with Crippen molar-refractivity contribution in [1.29, 1.82) is 0 Å². The van der Waals surface area contributed by atoms with E-state index < -0.39 is 0 Å². The molecule has 0 bridgehead atoms. The second kappa shape index (κ2) is 5.14. The van der Waals surface area contributed by atoms with Gasteiger partial charge in [0.05, 0.1) is 6.04 Å². The van der Waals surface area contributed by atoms with Crippen LogP contribution in [0.2, 0.25) is 0 Å². The molecule has 1 saturated carbocycles. The molecule has 1 N–H and O–H groups in total. The van der Waals surface area contributed by atoms with E-state index in [1.54, 1.807) is 0 Å². The lowest BCUT2D eigenvalue weighted by molar-refractivity contribution is 0.141. The van der Waals surface area contributed by atoms with Gasteiger partial charge in [-0.15, -0.1) is 10.2 Å². The second-order valence-corrected chi connectivity index (χ2v) is 7.61. The second-order valence-electron chi connectivity index (χ2n) is 7.61. The molecule has 20 heavy (non-hydrogen) atoms. The van der Waals surface area contributed by atoms with E-state index in [0.29, 0.717) is 17.5 Å². The molecule has 4 heteroatoms. The highest BCUT2D eigenvalue weighted by Crippen LogP contribution is 2.39. The molecule has 0 spiro atoms. The minimum Gasteiger partial charge on any atom is -0.314 e. The zero-order valence-corrected chi connectivity index (χ0v) is 13.3. The number of fused-ring (bicyclic) bond motifs is 1. The Hall–Kier alpha value is -0.900. The van der Waals surface area contributed by atoms with Crippen LogP contribution in [0.4, 0.5) is 0 Å². The Bertz CT molecular complexity index is 477. The molecular weight excluding hydrogens is 248 g/mol. The maximum absolute atomic E-state index is 4.41. The van der Waals surface area contributed by atoms with Crippen molar-refractivity contribution in [3.63, 3.8) is 0 Å². The summed E-state index contributed by atoms with van der Waals surface area (Å²) in [5, 5.41) is 12.5. The number of aromatic nitrogens is 3. The standard InChI is InChI=1S/C16H28N4/c1-11-10-16(3,4)8-7-13(11)17-12(2)15-19-18-14-6-5-9-20(14)15/h11-13,17H,5-10H2,1-4H3. The number of aryl methyl sites for hydroxylation is 1. The summed E-state index contributed by atoms with van der Waals surface area (Å²) in [6.07, 6.45) is 6.22. The number of nitrogens with one attached hydrogen (secondary N) is 1. The fraction of sp³-hybridized carbons (Fsp3) is 0.875. The largest absolute Gasteiger partial charge is 0.314 e. The maximum atomic E-state index is 4.41. The molecule has 1 aliphatic heterocycles. The van der Waals surface area contributed by atoms with Gasteiger partial charge in [-0.25, -0.2) is 0 Å². The lowest BCUT2D eigenvalue weighted by atomic mass is 9.70. The molecule has 0 aromatic carbocycles. The van der Waals surface area contributed by atoms with Crippen LogP contribution in [-0.4, -0.2) is 20.8 Å². The summed E-state index contributed by atoms with van der Waals surface area (Å²) in [5.41, 5.74) is 0.511. The van der Waals surface area contributed by atoms with Gasteiger partial charge in [-0.2, -0.15) is 0 Å². The van der Waals surface area contributed by atoms with Gasteiger partial charge in [-0.05, 0) is 43.9 Å². The van der Waals surface area contributed by atoms with E-state index >= 15 is 0 Å². The van der Waals surface area contributed by atoms with Crippen LogP contribution in [0.25, 0.3) is 0 Å². The van der Waals surface area contributed by atoms with Crippen molar-refractivity contribution in [1.82, 2.24) is 20.1 Å². The highest BCUT2D eigenvalue weighted by Gasteiger charge is 2.33. The third-order valence-corrected chi connectivity index (χ3v) is 5.18. The molecule has 1 fully saturated rings. The van der Waals surface area contributed by atoms with Crippen molar-refractivity contribution in [3.8, 4) is 0 Å². The maximum Gasteiger partial charge on any atom is 0.149 e. The Morgan fingerprint density at radius 2 is 2.15 bits per heavy atom. The summed E-state index contributed by atoms with van der Waals surface area (Å²) in [6, 6.07) is 0.926. The third kappa shape index (κ3) is 2.62. The molecule has 2 heterocycles. The molecule has 1 aromatic rings. The van der Waals surface area contributed by atoms with Gasteiger partial charge in [0.1, 0.15) is 11.6 Å². The van der Waals surface area contributed by atoms with Gasteiger partial charge in [-0.3, -0.25) is 0 Å².